The number of ether oxygens (including phenoxy) is 2. The quantitative estimate of drug-likeness (QED) is 0.875. The Morgan fingerprint density at radius 2 is 2.16 bits per heavy atom. The monoisotopic (exact) mass is 281 g/mol. The van der Waals surface area contributed by atoms with Crippen molar-refractivity contribution in [2.24, 2.45) is 7.05 Å². The van der Waals surface area contributed by atoms with Crippen LogP contribution in [0.15, 0.2) is 18.2 Å². The Morgan fingerprint density at radius 3 is 2.68 bits per heavy atom. The number of hydrogen-bond acceptors (Lipinski definition) is 4. The van der Waals surface area contributed by atoms with Gasteiger partial charge in [0.2, 0.25) is 0 Å². The van der Waals surface area contributed by atoms with Gasteiger partial charge < -0.3 is 15.2 Å². The topological polar surface area (TPSA) is 62.3 Å². The average molecular weight is 282 g/mol. The lowest BCUT2D eigenvalue weighted by atomic mass is 10.2. The second-order valence-corrected chi connectivity index (χ2v) is 4.53. The van der Waals surface area contributed by atoms with Gasteiger partial charge >= 0.3 is 0 Å². The zero-order valence-electron chi connectivity index (χ0n) is 11.1. The van der Waals surface area contributed by atoms with Gasteiger partial charge in [-0.05, 0) is 19.1 Å². The molecule has 2 rings (SSSR count). The number of hydrogen-bond donors (Lipinski definition) is 1. The standard InChI is InChI=1S/C13H16ClN3O2/c1-8-10(13(14)17(2)16-8)7-19-12-5-4-9(18-3)6-11(12)15/h4-6H,7,15H2,1-3H3. The third-order valence-corrected chi connectivity index (χ3v) is 3.33. The Morgan fingerprint density at radius 1 is 1.42 bits per heavy atom. The van der Waals surface area contributed by atoms with E-state index in [1.807, 2.05) is 6.92 Å². The van der Waals surface area contributed by atoms with Crippen molar-refractivity contribution < 1.29 is 9.47 Å². The zero-order valence-corrected chi connectivity index (χ0v) is 11.9. The third-order valence-electron chi connectivity index (χ3n) is 2.86. The van der Waals surface area contributed by atoms with Gasteiger partial charge in [-0.15, -0.1) is 0 Å². The van der Waals surface area contributed by atoms with Crippen LogP contribution in [0.3, 0.4) is 0 Å². The second kappa shape index (κ2) is 5.40. The molecule has 0 unspecified atom stereocenters. The molecule has 2 N–H and O–H groups in total. The van der Waals surface area contributed by atoms with Crippen LogP contribution in [0.1, 0.15) is 11.3 Å². The number of nitrogens with zero attached hydrogens (tertiary/aromatic N) is 2. The molecule has 1 aromatic heterocycles. The van der Waals surface area contributed by atoms with Crippen LogP contribution in [-0.4, -0.2) is 16.9 Å². The third kappa shape index (κ3) is 2.76. The van der Waals surface area contributed by atoms with E-state index in [-0.39, 0.29) is 0 Å². The van der Waals surface area contributed by atoms with E-state index in [9.17, 15) is 0 Å². The molecule has 0 fully saturated rings. The van der Waals surface area contributed by atoms with E-state index in [0.717, 1.165) is 11.3 Å². The molecule has 0 radical (unpaired) electrons. The fourth-order valence-electron chi connectivity index (χ4n) is 1.77. The van der Waals surface area contributed by atoms with Gasteiger partial charge in [0.25, 0.3) is 0 Å². The first kappa shape index (κ1) is 13.5. The maximum Gasteiger partial charge on any atom is 0.142 e. The van der Waals surface area contributed by atoms with Gasteiger partial charge in [0.15, 0.2) is 0 Å². The molecule has 0 aliphatic rings. The van der Waals surface area contributed by atoms with Crippen molar-refractivity contribution in [3.05, 3.63) is 34.6 Å². The van der Waals surface area contributed by atoms with Gasteiger partial charge in [-0.25, -0.2) is 0 Å². The lowest BCUT2D eigenvalue weighted by Crippen LogP contribution is -2.00. The van der Waals surface area contributed by atoms with Crippen LogP contribution in [0.2, 0.25) is 5.15 Å². The number of nitrogens with two attached hydrogens (primary N) is 1. The van der Waals surface area contributed by atoms with Gasteiger partial charge in [0, 0.05) is 18.7 Å². The molecular formula is C13H16ClN3O2. The highest BCUT2D eigenvalue weighted by Crippen LogP contribution is 2.28. The summed E-state index contributed by atoms with van der Waals surface area (Å²) in [5.74, 6) is 1.29. The van der Waals surface area contributed by atoms with E-state index < -0.39 is 0 Å². The van der Waals surface area contributed by atoms with Crippen LogP contribution in [-0.2, 0) is 13.7 Å². The predicted molar refractivity (Wildman–Crippen MR) is 74.7 cm³/mol. The number of aryl methyl sites for hydroxylation is 2. The van der Waals surface area contributed by atoms with Gasteiger partial charge in [-0.2, -0.15) is 5.10 Å². The molecule has 2 aromatic rings. The van der Waals surface area contributed by atoms with E-state index in [0.29, 0.717) is 28.9 Å². The van der Waals surface area contributed by atoms with Crippen molar-refractivity contribution >= 4 is 17.3 Å². The van der Waals surface area contributed by atoms with E-state index in [1.54, 1.807) is 37.0 Å². The van der Waals surface area contributed by atoms with E-state index in [4.69, 9.17) is 26.8 Å². The molecule has 1 aromatic carbocycles. The summed E-state index contributed by atoms with van der Waals surface area (Å²) >= 11 is 6.14. The molecule has 1 heterocycles. The Labute approximate surface area is 116 Å². The number of aromatic nitrogens is 2. The van der Waals surface area contributed by atoms with Gasteiger partial charge in [0.05, 0.1) is 18.5 Å². The lowest BCUT2D eigenvalue weighted by molar-refractivity contribution is 0.306. The summed E-state index contributed by atoms with van der Waals surface area (Å²) in [6, 6.07) is 5.28. The molecule has 102 valence electrons. The van der Waals surface area contributed by atoms with E-state index in [1.165, 1.54) is 0 Å². The first-order valence-electron chi connectivity index (χ1n) is 5.77. The second-order valence-electron chi connectivity index (χ2n) is 4.17. The Hall–Kier alpha value is -1.88. The zero-order chi connectivity index (χ0) is 14.0. The predicted octanol–water partition coefficient (Wildman–Crippen LogP) is 2.55. The normalized spacial score (nSPS) is 10.5. The summed E-state index contributed by atoms with van der Waals surface area (Å²) in [5, 5.41) is 4.80. The smallest absolute Gasteiger partial charge is 0.142 e. The SMILES string of the molecule is COc1ccc(OCc2c(C)nn(C)c2Cl)c(N)c1. The maximum atomic E-state index is 6.14. The molecule has 0 saturated heterocycles. The van der Waals surface area contributed by atoms with Crippen molar-refractivity contribution in [1.29, 1.82) is 0 Å². The maximum absolute atomic E-state index is 6.14. The molecule has 0 aliphatic heterocycles. The molecule has 0 aliphatic carbocycles. The number of anilines is 1. The first-order chi connectivity index (χ1) is 9.02. The van der Waals surface area contributed by atoms with Crippen LogP contribution >= 0.6 is 11.6 Å². The number of rotatable bonds is 4. The molecule has 0 saturated carbocycles. The largest absolute Gasteiger partial charge is 0.497 e. The molecule has 0 spiro atoms. The van der Waals surface area contributed by atoms with Gasteiger partial charge in [-0.3, -0.25) is 4.68 Å². The molecule has 0 atom stereocenters. The average Bonchev–Trinajstić information content (AvgIpc) is 2.62. The van der Waals surface area contributed by atoms with Crippen molar-refractivity contribution in [2.75, 3.05) is 12.8 Å². The van der Waals surface area contributed by atoms with Crippen molar-refractivity contribution in [3.63, 3.8) is 0 Å². The van der Waals surface area contributed by atoms with Crippen molar-refractivity contribution in [2.45, 2.75) is 13.5 Å². The minimum atomic E-state index is 0.328. The number of methoxy groups -OCH3 is 1. The van der Waals surface area contributed by atoms with Crippen molar-refractivity contribution in [1.82, 2.24) is 9.78 Å². The van der Waals surface area contributed by atoms with Crippen LogP contribution in [0.25, 0.3) is 0 Å². The highest BCUT2D eigenvalue weighted by atomic mass is 35.5. The molecular weight excluding hydrogens is 266 g/mol. The Kier molecular flexibility index (Phi) is 3.85. The Balaban J connectivity index is 2.14. The molecule has 6 heteroatoms. The minimum absolute atomic E-state index is 0.328. The van der Waals surface area contributed by atoms with Crippen LogP contribution in [0, 0.1) is 6.92 Å². The molecule has 0 amide bonds. The van der Waals surface area contributed by atoms with Crippen LogP contribution in [0.4, 0.5) is 5.69 Å². The van der Waals surface area contributed by atoms with Gasteiger partial charge in [0.1, 0.15) is 23.3 Å². The Bertz CT molecular complexity index is 596. The summed E-state index contributed by atoms with van der Waals surface area (Å²) in [4.78, 5) is 0. The summed E-state index contributed by atoms with van der Waals surface area (Å²) < 4.78 is 12.4. The molecule has 0 bridgehead atoms. The molecule has 5 nitrogen and oxygen atoms in total. The fraction of sp³-hybridized carbons (Fsp3) is 0.308. The van der Waals surface area contributed by atoms with Crippen LogP contribution in [0.5, 0.6) is 11.5 Å². The number of nitrogen functional groups attached to an aromatic ring is 1. The highest BCUT2D eigenvalue weighted by molar-refractivity contribution is 6.30. The summed E-state index contributed by atoms with van der Waals surface area (Å²) in [6.07, 6.45) is 0. The van der Waals surface area contributed by atoms with Crippen LogP contribution < -0.4 is 15.2 Å². The van der Waals surface area contributed by atoms with E-state index >= 15 is 0 Å². The summed E-state index contributed by atoms with van der Waals surface area (Å²) in [6.45, 7) is 2.22. The van der Waals surface area contributed by atoms with Crippen molar-refractivity contribution in [3.8, 4) is 11.5 Å². The minimum Gasteiger partial charge on any atom is -0.497 e. The fourth-order valence-corrected chi connectivity index (χ4v) is 2.00. The summed E-state index contributed by atoms with van der Waals surface area (Å²) in [7, 11) is 3.38. The first-order valence-corrected chi connectivity index (χ1v) is 6.15. The lowest BCUT2D eigenvalue weighted by Gasteiger charge is -2.10. The summed E-state index contributed by atoms with van der Waals surface area (Å²) in [5.41, 5.74) is 8.12. The number of halogens is 1. The van der Waals surface area contributed by atoms with E-state index in [2.05, 4.69) is 5.10 Å². The van der Waals surface area contributed by atoms with Gasteiger partial charge in [-0.1, -0.05) is 11.6 Å². The highest BCUT2D eigenvalue weighted by Gasteiger charge is 2.12. The number of benzene rings is 1. The molecule has 19 heavy (non-hydrogen) atoms.